The van der Waals surface area contributed by atoms with E-state index in [2.05, 4.69) is 21.0 Å². The number of furan rings is 1. The maximum Gasteiger partial charge on any atom is 0.263 e. The van der Waals surface area contributed by atoms with Gasteiger partial charge in [0, 0.05) is 24.1 Å². The quantitative estimate of drug-likeness (QED) is 0.461. The monoisotopic (exact) mass is 493 g/mol. The first kappa shape index (κ1) is 23.9. The van der Waals surface area contributed by atoms with Gasteiger partial charge in [-0.15, -0.1) is 0 Å². The van der Waals surface area contributed by atoms with Gasteiger partial charge in [0.1, 0.15) is 17.1 Å². The van der Waals surface area contributed by atoms with Crippen LogP contribution in [0.15, 0.2) is 47.1 Å². The van der Waals surface area contributed by atoms with E-state index in [1.54, 1.807) is 35.2 Å². The van der Waals surface area contributed by atoms with E-state index < -0.39 is 6.29 Å². The van der Waals surface area contributed by atoms with Gasteiger partial charge in [0.2, 0.25) is 5.91 Å². The maximum atomic E-state index is 12.9. The van der Waals surface area contributed by atoms with Crippen molar-refractivity contribution in [1.29, 1.82) is 0 Å². The van der Waals surface area contributed by atoms with Gasteiger partial charge in [-0.2, -0.15) is 5.10 Å². The number of hydrogen-bond acceptors (Lipinski definition) is 7. The fourth-order valence-electron chi connectivity index (χ4n) is 4.80. The number of ether oxygens (including phenoxy) is 2. The zero-order valence-electron chi connectivity index (χ0n) is 20.8. The van der Waals surface area contributed by atoms with Gasteiger partial charge in [-0.3, -0.25) is 14.9 Å². The van der Waals surface area contributed by atoms with E-state index in [0.717, 1.165) is 12.0 Å². The van der Waals surface area contributed by atoms with Crippen LogP contribution in [0.25, 0.3) is 11.5 Å². The number of hydrogen-bond donors (Lipinski definition) is 3. The molecule has 3 unspecified atom stereocenters. The van der Waals surface area contributed by atoms with Gasteiger partial charge in [-0.1, -0.05) is 19.1 Å². The summed E-state index contributed by atoms with van der Waals surface area (Å²) in [5, 5.41) is 13.8. The van der Waals surface area contributed by atoms with Gasteiger partial charge >= 0.3 is 0 Å². The molecular weight excluding hydrogens is 462 g/mol. The highest BCUT2D eigenvalue weighted by Gasteiger charge is 2.35. The molecule has 3 N–H and O–H groups in total. The Hall–Kier alpha value is -3.79. The third-order valence-electron chi connectivity index (χ3n) is 6.52. The lowest BCUT2D eigenvalue weighted by molar-refractivity contribution is -0.130. The summed E-state index contributed by atoms with van der Waals surface area (Å²) in [5.41, 5.74) is 1.26. The van der Waals surface area contributed by atoms with Crippen LogP contribution in [0.2, 0.25) is 0 Å². The van der Waals surface area contributed by atoms with Crippen LogP contribution in [0.4, 0.5) is 5.82 Å². The highest BCUT2D eigenvalue weighted by Crippen LogP contribution is 2.41. The topological polar surface area (TPSA) is 120 Å². The van der Waals surface area contributed by atoms with E-state index in [-0.39, 0.29) is 36.0 Å². The predicted octanol–water partition coefficient (Wildman–Crippen LogP) is 3.46. The van der Waals surface area contributed by atoms with Crippen molar-refractivity contribution >= 4 is 17.6 Å². The molecule has 2 aromatic heterocycles. The van der Waals surface area contributed by atoms with Crippen molar-refractivity contribution in [2.24, 2.45) is 5.92 Å². The molecule has 2 aliphatic heterocycles. The molecule has 0 radical (unpaired) electrons. The molecule has 1 aromatic carbocycles. The largest absolute Gasteiger partial charge is 0.483 e. The molecular formula is C26H31N5O5. The lowest BCUT2D eigenvalue weighted by Crippen LogP contribution is -2.57. The van der Waals surface area contributed by atoms with Crippen LogP contribution in [0.3, 0.4) is 0 Å². The molecule has 0 aliphatic carbocycles. The molecule has 3 atom stereocenters. The smallest absolute Gasteiger partial charge is 0.263 e. The molecule has 10 heteroatoms. The van der Waals surface area contributed by atoms with Crippen molar-refractivity contribution in [3.63, 3.8) is 0 Å². The Labute approximate surface area is 209 Å². The first-order valence-electron chi connectivity index (χ1n) is 12.2. The standard InChI is InChI=1S/C26H31N5O5/c1-5-17-15(2)27-25(29-24(17)33)31-21(12-18(30-31)19-10-7-11-34-19)28-22(32)14-35-20-9-6-8-16-13-26(3,4)36-23(16)20/h6-12,15,17,25,27H,5,13-14H2,1-4H3,(H,28,32)(H,29,33). The molecule has 36 heavy (non-hydrogen) atoms. The summed E-state index contributed by atoms with van der Waals surface area (Å²) in [7, 11) is 0. The average molecular weight is 494 g/mol. The maximum absolute atomic E-state index is 12.9. The minimum Gasteiger partial charge on any atom is -0.483 e. The molecule has 1 fully saturated rings. The Bertz CT molecular complexity index is 1270. The summed E-state index contributed by atoms with van der Waals surface area (Å²) in [6.45, 7) is 7.75. The Morgan fingerprint density at radius 3 is 2.86 bits per heavy atom. The number of aromatic nitrogens is 2. The van der Waals surface area contributed by atoms with E-state index in [1.807, 2.05) is 39.8 Å². The summed E-state index contributed by atoms with van der Waals surface area (Å²) in [6.07, 6.45) is 2.41. The Morgan fingerprint density at radius 1 is 1.31 bits per heavy atom. The Balaban J connectivity index is 1.34. The zero-order chi connectivity index (χ0) is 25.4. The second-order valence-electron chi connectivity index (χ2n) is 9.84. The van der Waals surface area contributed by atoms with Gasteiger partial charge in [0.25, 0.3) is 5.91 Å². The number of carbonyl (C=O) groups excluding carboxylic acids is 2. The van der Waals surface area contributed by atoms with Crippen LogP contribution in [0, 0.1) is 5.92 Å². The second-order valence-corrected chi connectivity index (χ2v) is 9.84. The number of anilines is 1. The van der Waals surface area contributed by atoms with Gasteiger partial charge in [0.15, 0.2) is 30.2 Å². The number of fused-ring (bicyclic) bond motifs is 1. The summed E-state index contributed by atoms with van der Waals surface area (Å²) in [5.74, 6) is 1.55. The van der Waals surface area contributed by atoms with Crippen LogP contribution in [0.1, 0.15) is 46.0 Å². The third-order valence-corrected chi connectivity index (χ3v) is 6.52. The van der Waals surface area contributed by atoms with Crippen molar-refractivity contribution in [2.45, 2.75) is 58.5 Å². The lowest BCUT2D eigenvalue weighted by atomic mass is 9.95. The second kappa shape index (κ2) is 9.34. The van der Waals surface area contributed by atoms with Crippen LogP contribution < -0.4 is 25.4 Å². The SMILES string of the molecule is CCC1C(=O)NC(n2nc(-c3ccco3)cc2NC(=O)COc2cccc3c2OC(C)(C)C3)NC1C. The predicted molar refractivity (Wildman–Crippen MR) is 132 cm³/mol. The summed E-state index contributed by atoms with van der Waals surface area (Å²) < 4.78 is 18.9. The molecule has 10 nitrogen and oxygen atoms in total. The fraction of sp³-hybridized carbons (Fsp3) is 0.423. The van der Waals surface area contributed by atoms with E-state index >= 15 is 0 Å². The van der Waals surface area contributed by atoms with Crippen LogP contribution in [-0.2, 0) is 16.0 Å². The minimum atomic E-state index is -0.636. The number of rotatable bonds is 7. The van der Waals surface area contributed by atoms with E-state index in [0.29, 0.717) is 35.2 Å². The molecule has 5 rings (SSSR count). The minimum absolute atomic E-state index is 0.0646. The van der Waals surface area contributed by atoms with Crippen molar-refractivity contribution in [1.82, 2.24) is 20.4 Å². The van der Waals surface area contributed by atoms with Gasteiger partial charge in [0.05, 0.1) is 12.2 Å². The first-order chi connectivity index (χ1) is 17.2. The normalized spacial score (nSPS) is 22.4. The van der Waals surface area contributed by atoms with Crippen molar-refractivity contribution in [3.05, 3.63) is 48.2 Å². The zero-order valence-corrected chi connectivity index (χ0v) is 20.8. The molecule has 2 aliphatic rings. The number of nitrogens with one attached hydrogen (secondary N) is 3. The third kappa shape index (κ3) is 4.68. The van der Waals surface area contributed by atoms with Crippen LogP contribution >= 0.6 is 0 Å². The number of para-hydroxylation sites is 1. The average Bonchev–Trinajstić information content (AvgIpc) is 3.55. The number of benzene rings is 1. The van der Waals surface area contributed by atoms with E-state index in [4.69, 9.17) is 13.9 Å². The molecule has 0 saturated carbocycles. The molecule has 1 saturated heterocycles. The number of carbonyl (C=O) groups is 2. The number of amides is 2. The van der Waals surface area contributed by atoms with Crippen molar-refractivity contribution in [2.75, 3.05) is 11.9 Å². The van der Waals surface area contributed by atoms with Crippen molar-refractivity contribution < 1.29 is 23.5 Å². The summed E-state index contributed by atoms with van der Waals surface area (Å²) >= 11 is 0. The lowest BCUT2D eigenvalue weighted by Gasteiger charge is -2.35. The highest BCUT2D eigenvalue weighted by atomic mass is 16.5. The van der Waals surface area contributed by atoms with E-state index in [1.165, 1.54) is 0 Å². The molecule has 190 valence electrons. The first-order valence-corrected chi connectivity index (χ1v) is 12.2. The molecule has 0 bridgehead atoms. The van der Waals surface area contributed by atoms with E-state index in [9.17, 15) is 9.59 Å². The van der Waals surface area contributed by atoms with Crippen molar-refractivity contribution in [3.8, 4) is 23.0 Å². The summed E-state index contributed by atoms with van der Waals surface area (Å²) in [6, 6.07) is 10.9. The van der Waals surface area contributed by atoms with Crippen LogP contribution in [0.5, 0.6) is 11.5 Å². The van der Waals surface area contributed by atoms with Gasteiger partial charge in [-0.25, -0.2) is 4.68 Å². The molecule has 2 amide bonds. The molecule has 3 aromatic rings. The fourth-order valence-corrected chi connectivity index (χ4v) is 4.80. The molecule has 0 spiro atoms. The van der Waals surface area contributed by atoms with Gasteiger partial charge in [-0.05, 0) is 45.4 Å². The highest BCUT2D eigenvalue weighted by molar-refractivity contribution is 5.91. The van der Waals surface area contributed by atoms with Gasteiger partial charge < -0.3 is 24.5 Å². The Morgan fingerprint density at radius 2 is 2.14 bits per heavy atom. The van der Waals surface area contributed by atoms with Crippen LogP contribution in [-0.4, -0.2) is 39.8 Å². The Kier molecular flexibility index (Phi) is 6.21. The summed E-state index contributed by atoms with van der Waals surface area (Å²) in [4.78, 5) is 25.6. The number of nitrogens with zero attached hydrogens (tertiary/aromatic N) is 2. The molecule has 4 heterocycles.